The standard InChI is InChI=1S/C12H15N3O/c1-3-6-15(7-8-16)12-11(9-13)10(2)4-5-14-12/h3-5,16H,1,6-8H2,2H3. The first-order chi connectivity index (χ1) is 7.74. The molecule has 0 saturated carbocycles. The number of nitriles is 1. The van der Waals surface area contributed by atoms with Gasteiger partial charge in [-0.3, -0.25) is 0 Å². The summed E-state index contributed by atoms with van der Waals surface area (Å²) in [6.07, 6.45) is 3.39. The summed E-state index contributed by atoms with van der Waals surface area (Å²) in [6.45, 7) is 6.55. The van der Waals surface area contributed by atoms with Crippen LogP contribution < -0.4 is 4.90 Å². The Morgan fingerprint density at radius 3 is 3.00 bits per heavy atom. The van der Waals surface area contributed by atoms with Gasteiger partial charge in [0.25, 0.3) is 0 Å². The molecule has 1 N–H and O–H groups in total. The quantitative estimate of drug-likeness (QED) is 0.754. The molecule has 4 nitrogen and oxygen atoms in total. The van der Waals surface area contributed by atoms with E-state index in [9.17, 15) is 0 Å². The summed E-state index contributed by atoms with van der Waals surface area (Å²) in [7, 11) is 0. The average molecular weight is 217 g/mol. The van der Waals surface area contributed by atoms with E-state index < -0.39 is 0 Å². The highest BCUT2D eigenvalue weighted by Gasteiger charge is 2.12. The van der Waals surface area contributed by atoms with E-state index in [1.54, 1.807) is 18.3 Å². The van der Waals surface area contributed by atoms with E-state index in [-0.39, 0.29) is 6.61 Å². The van der Waals surface area contributed by atoms with E-state index in [1.165, 1.54) is 0 Å². The van der Waals surface area contributed by atoms with Crippen molar-refractivity contribution in [2.75, 3.05) is 24.6 Å². The number of aliphatic hydroxyl groups is 1. The van der Waals surface area contributed by atoms with E-state index in [4.69, 9.17) is 10.4 Å². The number of nitrogens with zero attached hydrogens (tertiary/aromatic N) is 3. The second kappa shape index (κ2) is 5.89. The lowest BCUT2D eigenvalue weighted by Crippen LogP contribution is -2.28. The summed E-state index contributed by atoms with van der Waals surface area (Å²) in [5.41, 5.74) is 1.44. The van der Waals surface area contributed by atoms with E-state index in [0.717, 1.165) is 5.56 Å². The van der Waals surface area contributed by atoms with Crippen LogP contribution in [-0.4, -0.2) is 29.8 Å². The lowest BCUT2D eigenvalue weighted by Gasteiger charge is -2.22. The van der Waals surface area contributed by atoms with Gasteiger partial charge in [-0.25, -0.2) is 4.98 Å². The molecule has 16 heavy (non-hydrogen) atoms. The molecule has 1 aromatic heterocycles. The summed E-state index contributed by atoms with van der Waals surface area (Å²) in [5.74, 6) is 0.608. The summed E-state index contributed by atoms with van der Waals surface area (Å²) < 4.78 is 0. The molecule has 0 saturated heterocycles. The van der Waals surface area contributed by atoms with Crippen LogP contribution in [0.3, 0.4) is 0 Å². The molecule has 0 fully saturated rings. The van der Waals surface area contributed by atoms with Crippen molar-refractivity contribution in [2.45, 2.75) is 6.92 Å². The largest absolute Gasteiger partial charge is 0.395 e. The van der Waals surface area contributed by atoms with Crippen molar-refractivity contribution in [3.63, 3.8) is 0 Å². The van der Waals surface area contributed by atoms with Gasteiger partial charge < -0.3 is 10.0 Å². The minimum absolute atomic E-state index is 0.0222. The van der Waals surface area contributed by atoms with Crippen LogP contribution in [0.5, 0.6) is 0 Å². The molecule has 0 amide bonds. The van der Waals surface area contributed by atoms with Gasteiger partial charge in [0.1, 0.15) is 11.9 Å². The van der Waals surface area contributed by atoms with Crippen molar-refractivity contribution in [1.29, 1.82) is 5.26 Å². The van der Waals surface area contributed by atoms with Crippen LogP contribution >= 0.6 is 0 Å². The van der Waals surface area contributed by atoms with Crippen LogP contribution in [0.15, 0.2) is 24.9 Å². The van der Waals surface area contributed by atoms with Crippen LogP contribution in [0.4, 0.5) is 5.82 Å². The zero-order valence-electron chi connectivity index (χ0n) is 9.35. The number of aromatic nitrogens is 1. The van der Waals surface area contributed by atoms with Crippen molar-refractivity contribution in [3.05, 3.63) is 36.0 Å². The van der Waals surface area contributed by atoms with Crippen molar-refractivity contribution in [2.24, 2.45) is 0 Å². The second-order valence-corrected chi connectivity index (χ2v) is 3.40. The first kappa shape index (κ1) is 12.2. The first-order valence-electron chi connectivity index (χ1n) is 5.07. The highest BCUT2D eigenvalue weighted by Crippen LogP contribution is 2.19. The number of aliphatic hydroxyl groups excluding tert-OH is 1. The van der Waals surface area contributed by atoms with Crippen LogP contribution in [0.1, 0.15) is 11.1 Å². The highest BCUT2D eigenvalue weighted by atomic mass is 16.3. The van der Waals surface area contributed by atoms with Gasteiger partial charge in [0.2, 0.25) is 0 Å². The van der Waals surface area contributed by atoms with Crippen LogP contribution in [-0.2, 0) is 0 Å². The summed E-state index contributed by atoms with van der Waals surface area (Å²) in [5, 5.41) is 18.1. The molecule has 0 atom stereocenters. The Morgan fingerprint density at radius 2 is 2.44 bits per heavy atom. The van der Waals surface area contributed by atoms with Crippen molar-refractivity contribution in [1.82, 2.24) is 4.98 Å². The number of pyridine rings is 1. The Hall–Kier alpha value is -1.86. The predicted octanol–water partition coefficient (Wildman–Crippen LogP) is 1.25. The van der Waals surface area contributed by atoms with E-state index in [1.807, 2.05) is 11.8 Å². The van der Waals surface area contributed by atoms with Gasteiger partial charge in [0.05, 0.1) is 12.2 Å². The first-order valence-corrected chi connectivity index (χ1v) is 5.07. The predicted molar refractivity (Wildman–Crippen MR) is 63.2 cm³/mol. The normalized spacial score (nSPS) is 9.56. The molecule has 1 rings (SSSR count). The number of anilines is 1. The molecule has 0 radical (unpaired) electrons. The number of hydrogen-bond donors (Lipinski definition) is 1. The summed E-state index contributed by atoms with van der Waals surface area (Å²) >= 11 is 0. The average Bonchev–Trinajstić information content (AvgIpc) is 2.28. The molecule has 0 unspecified atom stereocenters. The molecule has 4 heteroatoms. The molecule has 0 spiro atoms. The van der Waals surface area contributed by atoms with E-state index >= 15 is 0 Å². The van der Waals surface area contributed by atoms with Crippen LogP contribution in [0, 0.1) is 18.3 Å². The van der Waals surface area contributed by atoms with Gasteiger partial charge in [0.15, 0.2) is 0 Å². The Balaban J connectivity index is 3.13. The fourth-order valence-electron chi connectivity index (χ4n) is 1.48. The second-order valence-electron chi connectivity index (χ2n) is 3.40. The maximum atomic E-state index is 9.08. The molecule has 0 aliphatic carbocycles. The molecule has 84 valence electrons. The topological polar surface area (TPSA) is 60.1 Å². The van der Waals surface area contributed by atoms with Gasteiger partial charge >= 0.3 is 0 Å². The van der Waals surface area contributed by atoms with Gasteiger partial charge in [-0.1, -0.05) is 6.08 Å². The fraction of sp³-hybridized carbons (Fsp3) is 0.333. The lowest BCUT2D eigenvalue weighted by atomic mass is 10.1. The lowest BCUT2D eigenvalue weighted by molar-refractivity contribution is 0.302. The molecule has 1 aromatic rings. The molecule has 1 heterocycles. The minimum atomic E-state index is 0.0222. The summed E-state index contributed by atoms with van der Waals surface area (Å²) in [6, 6.07) is 3.94. The van der Waals surface area contributed by atoms with E-state index in [0.29, 0.717) is 24.5 Å². The third kappa shape index (κ3) is 2.59. The molecule has 0 aromatic carbocycles. The molecule has 0 bridgehead atoms. The smallest absolute Gasteiger partial charge is 0.147 e. The Bertz CT molecular complexity index is 409. The number of aryl methyl sites for hydroxylation is 1. The molecule has 0 aliphatic heterocycles. The van der Waals surface area contributed by atoms with Crippen molar-refractivity contribution >= 4 is 5.82 Å². The van der Waals surface area contributed by atoms with Gasteiger partial charge in [-0.2, -0.15) is 5.26 Å². The van der Waals surface area contributed by atoms with Crippen LogP contribution in [0.2, 0.25) is 0 Å². The van der Waals surface area contributed by atoms with Gasteiger partial charge in [-0.15, -0.1) is 6.58 Å². The molecular formula is C12H15N3O. The SMILES string of the molecule is C=CCN(CCO)c1nccc(C)c1C#N. The zero-order valence-corrected chi connectivity index (χ0v) is 9.35. The molecule has 0 aliphatic rings. The summed E-state index contributed by atoms with van der Waals surface area (Å²) in [4.78, 5) is 6.02. The number of hydrogen-bond acceptors (Lipinski definition) is 4. The zero-order chi connectivity index (χ0) is 12.0. The van der Waals surface area contributed by atoms with Crippen LogP contribution in [0.25, 0.3) is 0 Å². The van der Waals surface area contributed by atoms with Gasteiger partial charge in [0, 0.05) is 19.3 Å². The third-order valence-electron chi connectivity index (χ3n) is 2.27. The highest BCUT2D eigenvalue weighted by molar-refractivity contribution is 5.57. The Kier molecular flexibility index (Phi) is 4.49. The third-order valence-corrected chi connectivity index (χ3v) is 2.27. The number of rotatable bonds is 5. The van der Waals surface area contributed by atoms with Gasteiger partial charge in [-0.05, 0) is 18.6 Å². The van der Waals surface area contributed by atoms with E-state index in [2.05, 4.69) is 17.6 Å². The Morgan fingerprint density at radius 1 is 1.69 bits per heavy atom. The maximum Gasteiger partial charge on any atom is 0.147 e. The minimum Gasteiger partial charge on any atom is -0.395 e. The van der Waals surface area contributed by atoms with Crippen molar-refractivity contribution in [3.8, 4) is 6.07 Å². The molecular weight excluding hydrogens is 202 g/mol. The monoisotopic (exact) mass is 217 g/mol. The fourth-order valence-corrected chi connectivity index (χ4v) is 1.48. The van der Waals surface area contributed by atoms with Crippen molar-refractivity contribution < 1.29 is 5.11 Å². The Labute approximate surface area is 95.5 Å². The maximum absolute atomic E-state index is 9.08.